The van der Waals surface area contributed by atoms with Gasteiger partial charge in [-0.2, -0.15) is 0 Å². The third kappa shape index (κ3) is 20.3. The van der Waals surface area contributed by atoms with E-state index in [0.29, 0.717) is 37.0 Å². The van der Waals surface area contributed by atoms with E-state index in [0.717, 1.165) is 83.5 Å². The number of carbonyl (C=O) groups is 5. The molecule has 0 amide bonds. The Kier molecular flexibility index (Phi) is 27.4. The lowest BCUT2D eigenvalue weighted by Gasteiger charge is -2.57. The van der Waals surface area contributed by atoms with Crippen LogP contribution in [-0.2, 0) is 42.9 Å². The summed E-state index contributed by atoms with van der Waals surface area (Å²) in [6.45, 7) is 8.80. The molecule has 0 heterocycles. The van der Waals surface area contributed by atoms with Crippen LogP contribution in [0.15, 0.2) is 11.6 Å². The largest absolute Gasteiger partial charge is 0.462 e. The summed E-state index contributed by atoms with van der Waals surface area (Å²) in [6.07, 6.45) is 40.6. The third-order valence-corrected chi connectivity index (χ3v) is 16.8. The minimum Gasteiger partial charge on any atom is -0.462 e. The number of ether oxygens (including phenoxy) is 4. The van der Waals surface area contributed by atoms with Gasteiger partial charge in [0, 0.05) is 24.7 Å². The maximum absolute atomic E-state index is 13.3. The number of esters is 4. The lowest BCUT2D eigenvalue weighted by atomic mass is 9.47. The van der Waals surface area contributed by atoms with Gasteiger partial charge >= 0.3 is 23.9 Å². The first-order valence-corrected chi connectivity index (χ1v) is 28.4. The molecule has 0 saturated heterocycles. The van der Waals surface area contributed by atoms with Crippen molar-refractivity contribution in [2.75, 3.05) is 13.2 Å². The van der Waals surface area contributed by atoms with Gasteiger partial charge in [0.25, 0.3) is 0 Å². The van der Waals surface area contributed by atoms with Crippen molar-refractivity contribution in [2.24, 2.45) is 28.6 Å². The fourth-order valence-electron chi connectivity index (χ4n) is 12.6. The summed E-state index contributed by atoms with van der Waals surface area (Å²) in [4.78, 5) is 64.3. The van der Waals surface area contributed by atoms with E-state index < -0.39 is 18.0 Å². The molecule has 3 fully saturated rings. The van der Waals surface area contributed by atoms with E-state index in [2.05, 4.69) is 27.7 Å². The van der Waals surface area contributed by atoms with Crippen LogP contribution in [0.4, 0.5) is 0 Å². The second-order valence-electron chi connectivity index (χ2n) is 22.0. The van der Waals surface area contributed by atoms with Gasteiger partial charge in [-0.15, -0.1) is 0 Å². The molecular formula is C58H98O9. The number of hydrogen-bond donors (Lipinski definition) is 0. The normalized spacial score (nSPS) is 24.4. The van der Waals surface area contributed by atoms with Crippen LogP contribution < -0.4 is 0 Å². The van der Waals surface area contributed by atoms with Crippen molar-refractivity contribution in [3.8, 4) is 0 Å². The van der Waals surface area contributed by atoms with Gasteiger partial charge in [-0.25, -0.2) is 0 Å². The van der Waals surface area contributed by atoms with Crippen LogP contribution in [0, 0.1) is 28.6 Å². The summed E-state index contributed by atoms with van der Waals surface area (Å²) in [5, 5.41) is 0. The highest BCUT2D eigenvalue weighted by molar-refractivity contribution is 5.91. The lowest BCUT2D eigenvalue weighted by Crippen LogP contribution is -2.51. The highest BCUT2D eigenvalue weighted by Gasteiger charge is 2.60. The van der Waals surface area contributed by atoms with E-state index in [1.807, 2.05) is 6.08 Å². The van der Waals surface area contributed by atoms with Gasteiger partial charge in [0.2, 0.25) is 0 Å². The number of rotatable bonds is 37. The number of allylic oxidation sites excluding steroid dienone is 1. The second kappa shape index (κ2) is 32.2. The van der Waals surface area contributed by atoms with Gasteiger partial charge in [-0.3, -0.25) is 24.0 Å². The maximum Gasteiger partial charge on any atom is 0.306 e. The van der Waals surface area contributed by atoms with E-state index in [1.165, 1.54) is 134 Å². The lowest BCUT2D eigenvalue weighted by molar-refractivity contribution is -0.169. The molecule has 4 aliphatic rings. The van der Waals surface area contributed by atoms with Crippen LogP contribution in [0.3, 0.4) is 0 Å². The minimum atomic E-state index is -0.950. The predicted octanol–water partition coefficient (Wildman–Crippen LogP) is 15.2. The Morgan fingerprint density at radius 1 is 0.522 bits per heavy atom. The summed E-state index contributed by atoms with van der Waals surface area (Å²) in [7, 11) is 0. The Morgan fingerprint density at radius 2 is 0.985 bits per heavy atom. The molecule has 9 heteroatoms. The van der Waals surface area contributed by atoms with Crippen LogP contribution in [0.1, 0.15) is 272 Å². The quantitative estimate of drug-likeness (QED) is 0.0340. The van der Waals surface area contributed by atoms with Crippen molar-refractivity contribution in [3.05, 3.63) is 11.6 Å². The molecule has 384 valence electrons. The molecule has 0 aromatic rings. The molecule has 3 saturated carbocycles. The van der Waals surface area contributed by atoms with E-state index in [9.17, 15) is 24.0 Å². The zero-order valence-electron chi connectivity index (χ0n) is 43.4. The molecule has 6 atom stereocenters. The van der Waals surface area contributed by atoms with E-state index in [1.54, 1.807) is 0 Å². The molecule has 9 nitrogen and oxygen atoms in total. The van der Waals surface area contributed by atoms with Crippen LogP contribution in [0.5, 0.6) is 0 Å². The van der Waals surface area contributed by atoms with E-state index >= 15 is 0 Å². The highest BCUT2D eigenvalue weighted by Crippen LogP contribution is 2.65. The third-order valence-electron chi connectivity index (χ3n) is 16.8. The first-order valence-electron chi connectivity index (χ1n) is 28.4. The Balaban J connectivity index is 1.15. The Morgan fingerprint density at radius 3 is 1.48 bits per heavy atom. The fraction of sp³-hybridized carbons (Fsp3) is 0.879. The SMILES string of the molecule is CCCCCCCCCCCCCCCC(=O)OCC(COC(=O)CCCCCCCCCCCCCCC)OC(=O)CCC(=O)O[C@H]1CC[C@H]2[C@@H]3CCC4=CC(=O)CC[C@]4(C)[C@H]3CC[C@]12C. The molecule has 4 rings (SSSR count). The molecule has 67 heavy (non-hydrogen) atoms. The molecule has 0 radical (unpaired) electrons. The monoisotopic (exact) mass is 939 g/mol. The van der Waals surface area contributed by atoms with Crippen molar-refractivity contribution in [1.82, 2.24) is 0 Å². The highest BCUT2D eigenvalue weighted by atomic mass is 16.6. The Labute approximate surface area is 408 Å². The predicted molar refractivity (Wildman–Crippen MR) is 268 cm³/mol. The van der Waals surface area contributed by atoms with Crippen LogP contribution >= 0.6 is 0 Å². The van der Waals surface area contributed by atoms with E-state index in [4.69, 9.17) is 18.9 Å². The Bertz CT molecular complexity index is 1440. The minimum absolute atomic E-state index is 0.0969. The van der Waals surface area contributed by atoms with Crippen molar-refractivity contribution >= 4 is 29.7 Å². The molecule has 4 aliphatic carbocycles. The summed E-state index contributed by atoms with van der Waals surface area (Å²) in [6, 6.07) is 0. The van der Waals surface area contributed by atoms with Gasteiger partial charge in [-0.1, -0.05) is 187 Å². The van der Waals surface area contributed by atoms with Crippen molar-refractivity contribution in [1.29, 1.82) is 0 Å². The van der Waals surface area contributed by atoms with Crippen molar-refractivity contribution < 1.29 is 42.9 Å². The molecule has 0 aromatic heterocycles. The van der Waals surface area contributed by atoms with Crippen molar-refractivity contribution in [3.63, 3.8) is 0 Å². The number of fused-ring (bicyclic) bond motifs is 5. The fourth-order valence-corrected chi connectivity index (χ4v) is 12.6. The summed E-state index contributed by atoms with van der Waals surface area (Å²) >= 11 is 0. The number of hydrogen-bond acceptors (Lipinski definition) is 9. The molecule has 0 spiro atoms. The average Bonchev–Trinajstić information content (AvgIpc) is 3.65. The van der Waals surface area contributed by atoms with Gasteiger partial charge in [0.05, 0.1) is 12.8 Å². The van der Waals surface area contributed by atoms with E-state index in [-0.39, 0.29) is 60.7 Å². The summed E-state index contributed by atoms with van der Waals surface area (Å²) in [5.74, 6) is 0.171. The molecule has 0 aromatic carbocycles. The maximum atomic E-state index is 13.3. The van der Waals surface area contributed by atoms with Crippen molar-refractivity contribution in [2.45, 2.75) is 284 Å². The van der Waals surface area contributed by atoms with Gasteiger partial charge in [0.1, 0.15) is 19.3 Å². The van der Waals surface area contributed by atoms with Crippen LogP contribution in [0.25, 0.3) is 0 Å². The first kappa shape index (κ1) is 56.9. The Hall–Kier alpha value is -2.71. The van der Waals surface area contributed by atoms with Gasteiger partial charge in [0.15, 0.2) is 11.9 Å². The number of unbranched alkanes of at least 4 members (excludes halogenated alkanes) is 24. The molecule has 0 bridgehead atoms. The number of ketones is 1. The molecule has 0 N–H and O–H groups in total. The zero-order chi connectivity index (χ0) is 48.2. The van der Waals surface area contributed by atoms with Gasteiger partial charge < -0.3 is 18.9 Å². The van der Waals surface area contributed by atoms with Crippen LogP contribution in [-0.4, -0.2) is 55.1 Å². The van der Waals surface area contributed by atoms with Crippen LogP contribution in [0.2, 0.25) is 0 Å². The smallest absolute Gasteiger partial charge is 0.306 e. The molecule has 0 aliphatic heterocycles. The standard InChI is InChI=1S/C58H98O9/c1-5-7-9-11-13-15-17-19-21-23-25-27-29-31-53(60)64-44-48(45-65-54(61)32-30-28-26-24-22-20-18-16-14-12-10-8-6-2)66-55(62)37-38-56(63)67-52-36-35-50-49-34-33-46-43-47(59)39-41-57(46,3)51(49)40-42-58(50,52)4/h43,48-52H,5-42,44-45H2,1-4H3/t49-,50-,51-,52-,57-,58-/m0/s1. The zero-order valence-corrected chi connectivity index (χ0v) is 43.4. The first-order chi connectivity index (χ1) is 32.5. The summed E-state index contributed by atoms with van der Waals surface area (Å²) < 4.78 is 23.0. The summed E-state index contributed by atoms with van der Waals surface area (Å²) in [5.41, 5.74) is 1.35. The average molecular weight is 939 g/mol. The molecule has 0 unspecified atom stereocenters. The topological polar surface area (TPSA) is 122 Å². The van der Waals surface area contributed by atoms with Gasteiger partial charge in [-0.05, 0) is 87.0 Å². The second-order valence-corrected chi connectivity index (χ2v) is 22.0. The molecular weight excluding hydrogens is 841 g/mol. The number of carbonyl (C=O) groups excluding carboxylic acids is 5.